The van der Waals surface area contributed by atoms with Gasteiger partial charge >= 0.3 is 0 Å². The van der Waals surface area contributed by atoms with Gasteiger partial charge in [-0.25, -0.2) is 0 Å². The summed E-state index contributed by atoms with van der Waals surface area (Å²) in [5.74, 6) is 0. The second kappa shape index (κ2) is 5.25. The van der Waals surface area contributed by atoms with E-state index in [9.17, 15) is 0 Å². The minimum Gasteiger partial charge on any atom is -0.256 e. The molecule has 3 rings (SSSR count). The third kappa shape index (κ3) is 2.67. The van der Waals surface area contributed by atoms with Gasteiger partial charge < -0.3 is 0 Å². The molecule has 0 radical (unpaired) electrons. The minimum absolute atomic E-state index is 0.750. The van der Waals surface area contributed by atoms with E-state index in [0.29, 0.717) is 0 Å². The van der Waals surface area contributed by atoms with Crippen LogP contribution in [0.1, 0.15) is 11.3 Å². The summed E-state index contributed by atoms with van der Waals surface area (Å²) in [5, 5.41) is 3.11. The average Bonchev–Trinajstić information content (AvgIpc) is 2.47. The van der Waals surface area contributed by atoms with Crippen molar-refractivity contribution in [2.45, 2.75) is 0 Å². The largest absolute Gasteiger partial charge is 0.256 e. The van der Waals surface area contributed by atoms with Crippen molar-refractivity contribution < 1.29 is 0 Å². The molecular formula is C17H12ClN. The second-order valence-electron chi connectivity index (χ2n) is 4.30. The van der Waals surface area contributed by atoms with E-state index in [0.717, 1.165) is 21.7 Å². The van der Waals surface area contributed by atoms with E-state index in [1.165, 1.54) is 5.39 Å². The van der Waals surface area contributed by atoms with Gasteiger partial charge in [0.15, 0.2) is 0 Å². The van der Waals surface area contributed by atoms with E-state index < -0.39 is 0 Å². The van der Waals surface area contributed by atoms with Gasteiger partial charge in [0.1, 0.15) is 0 Å². The Kier molecular flexibility index (Phi) is 3.30. The summed E-state index contributed by atoms with van der Waals surface area (Å²) >= 11 is 5.87. The van der Waals surface area contributed by atoms with Crippen molar-refractivity contribution in [1.82, 2.24) is 4.98 Å². The van der Waals surface area contributed by atoms with Crippen LogP contribution in [-0.2, 0) is 0 Å². The summed E-state index contributed by atoms with van der Waals surface area (Å²) in [6.45, 7) is 0. The maximum absolute atomic E-state index is 5.87. The fraction of sp³-hybridized carbons (Fsp3) is 0. The van der Waals surface area contributed by atoms with Crippen LogP contribution in [0, 0.1) is 0 Å². The lowest BCUT2D eigenvalue weighted by atomic mass is 10.1. The smallest absolute Gasteiger partial charge is 0.0708 e. The van der Waals surface area contributed by atoms with E-state index in [1.807, 2.05) is 60.8 Å². The lowest BCUT2D eigenvalue weighted by molar-refractivity contribution is 1.33. The molecule has 2 aromatic carbocycles. The third-order valence-electron chi connectivity index (χ3n) is 3.01. The predicted octanol–water partition coefficient (Wildman–Crippen LogP) is 5.06. The highest BCUT2D eigenvalue weighted by Crippen LogP contribution is 2.19. The minimum atomic E-state index is 0.750. The molecule has 0 fully saturated rings. The monoisotopic (exact) mass is 265 g/mol. The lowest BCUT2D eigenvalue weighted by Crippen LogP contribution is -1.82. The molecule has 0 atom stereocenters. The van der Waals surface area contributed by atoms with E-state index in [2.05, 4.69) is 17.1 Å². The number of benzene rings is 2. The Morgan fingerprint density at radius 2 is 1.63 bits per heavy atom. The van der Waals surface area contributed by atoms with Crippen LogP contribution < -0.4 is 0 Å². The highest BCUT2D eigenvalue weighted by Gasteiger charge is 1.97. The van der Waals surface area contributed by atoms with Gasteiger partial charge in [-0.05, 0) is 35.2 Å². The molecule has 0 unspecified atom stereocenters. The Morgan fingerprint density at radius 1 is 0.842 bits per heavy atom. The fourth-order valence-corrected chi connectivity index (χ4v) is 2.15. The highest BCUT2D eigenvalue weighted by atomic mass is 35.5. The van der Waals surface area contributed by atoms with Gasteiger partial charge in [-0.2, -0.15) is 0 Å². The topological polar surface area (TPSA) is 12.9 Å². The van der Waals surface area contributed by atoms with Gasteiger partial charge in [-0.15, -0.1) is 0 Å². The maximum atomic E-state index is 5.87. The molecule has 0 aliphatic heterocycles. The Hall–Kier alpha value is -2.12. The summed E-state index contributed by atoms with van der Waals surface area (Å²) < 4.78 is 0. The summed E-state index contributed by atoms with van der Waals surface area (Å²) in [6.07, 6.45) is 5.92. The predicted molar refractivity (Wildman–Crippen MR) is 82.1 cm³/mol. The first-order valence-corrected chi connectivity index (χ1v) is 6.48. The van der Waals surface area contributed by atoms with Gasteiger partial charge in [0.2, 0.25) is 0 Å². The normalized spacial score (nSPS) is 11.2. The SMILES string of the molecule is Clc1ccc(C=Cc2nccc3ccccc23)cc1. The van der Waals surface area contributed by atoms with Crippen LogP contribution in [-0.4, -0.2) is 4.98 Å². The molecule has 92 valence electrons. The molecule has 2 heteroatoms. The molecule has 3 aromatic rings. The molecule has 0 N–H and O–H groups in total. The number of fused-ring (bicyclic) bond motifs is 1. The first-order chi connectivity index (χ1) is 9.33. The number of hydrogen-bond acceptors (Lipinski definition) is 1. The number of nitrogens with zero attached hydrogens (tertiary/aromatic N) is 1. The standard InChI is InChI=1S/C17H12ClN/c18-15-8-5-13(6-9-15)7-10-17-16-4-2-1-3-14(16)11-12-19-17/h1-12H. The Labute approximate surface area is 117 Å². The highest BCUT2D eigenvalue weighted by molar-refractivity contribution is 6.30. The first-order valence-electron chi connectivity index (χ1n) is 6.10. The molecule has 0 amide bonds. The summed E-state index contributed by atoms with van der Waals surface area (Å²) in [6, 6.07) is 18.0. The number of halogens is 1. The molecule has 1 aromatic heterocycles. The van der Waals surface area contributed by atoms with E-state index >= 15 is 0 Å². The van der Waals surface area contributed by atoms with Crippen LogP contribution in [0.4, 0.5) is 0 Å². The molecule has 0 aliphatic rings. The summed E-state index contributed by atoms with van der Waals surface area (Å²) in [4.78, 5) is 4.43. The first kappa shape index (κ1) is 11.9. The van der Waals surface area contributed by atoms with E-state index in [4.69, 9.17) is 11.6 Å². The Balaban J connectivity index is 1.99. The quantitative estimate of drug-likeness (QED) is 0.631. The molecule has 1 nitrogen and oxygen atoms in total. The zero-order valence-corrected chi connectivity index (χ0v) is 11.0. The van der Waals surface area contributed by atoms with Gasteiger partial charge in [0, 0.05) is 16.6 Å². The van der Waals surface area contributed by atoms with Crippen molar-refractivity contribution in [3.8, 4) is 0 Å². The Morgan fingerprint density at radius 3 is 2.47 bits per heavy atom. The van der Waals surface area contributed by atoms with Crippen molar-refractivity contribution in [2.75, 3.05) is 0 Å². The lowest BCUT2D eigenvalue weighted by Gasteiger charge is -2.00. The van der Waals surface area contributed by atoms with Crippen molar-refractivity contribution in [2.24, 2.45) is 0 Å². The molecule has 0 aliphatic carbocycles. The van der Waals surface area contributed by atoms with Crippen LogP contribution in [0.3, 0.4) is 0 Å². The van der Waals surface area contributed by atoms with Crippen molar-refractivity contribution in [3.63, 3.8) is 0 Å². The third-order valence-corrected chi connectivity index (χ3v) is 3.26. The van der Waals surface area contributed by atoms with Gasteiger partial charge in [0.05, 0.1) is 5.69 Å². The van der Waals surface area contributed by atoms with Crippen LogP contribution in [0.2, 0.25) is 5.02 Å². The number of aromatic nitrogens is 1. The van der Waals surface area contributed by atoms with Crippen LogP contribution in [0.25, 0.3) is 22.9 Å². The molecule has 1 heterocycles. The molecule has 0 bridgehead atoms. The van der Waals surface area contributed by atoms with Crippen molar-refractivity contribution in [1.29, 1.82) is 0 Å². The second-order valence-corrected chi connectivity index (χ2v) is 4.74. The average molecular weight is 266 g/mol. The van der Waals surface area contributed by atoms with E-state index in [1.54, 1.807) is 0 Å². The maximum Gasteiger partial charge on any atom is 0.0708 e. The van der Waals surface area contributed by atoms with E-state index in [-0.39, 0.29) is 0 Å². The van der Waals surface area contributed by atoms with Gasteiger partial charge in [0.25, 0.3) is 0 Å². The summed E-state index contributed by atoms with van der Waals surface area (Å²) in [5.41, 5.74) is 2.09. The molecule has 19 heavy (non-hydrogen) atoms. The number of hydrogen-bond donors (Lipinski definition) is 0. The van der Waals surface area contributed by atoms with Crippen LogP contribution >= 0.6 is 11.6 Å². The molecular weight excluding hydrogens is 254 g/mol. The molecule has 0 spiro atoms. The number of pyridine rings is 1. The zero-order valence-electron chi connectivity index (χ0n) is 10.3. The molecule has 0 saturated carbocycles. The number of rotatable bonds is 2. The van der Waals surface area contributed by atoms with Gasteiger partial charge in [-0.1, -0.05) is 54.1 Å². The van der Waals surface area contributed by atoms with Crippen molar-refractivity contribution >= 4 is 34.5 Å². The van der Waals surface area contributed by atoms with Gasteiger partial charge in [-0.3, -0.25) is 4.98 Å². The Bertz CT molecular complexity index is 724. The zero-order chi connectivity index (χ0) is 13.1. The summed E-state index contributed by atoms with van der Waals surface area (Å²) in [7, 11) is 0. The van der Waals surface area contributed by atoms with Crippen LogP contribution in [0.5, 0.6) is 0 Å². The molecule has 0 saturated heterocycles. The van der Waals surface area contributed by atoms with Crippen molar-refractivity contribution in [3.05, 3.63) is 77.1 Å². The fourth-order valence-electron chi connectivity index (χ4n) is 2.02. The van der Waals surface area contributed by atoms with Crippen LogP contribution in [0.15, 0.2) is 60.8 Å².